The molecule has 0 aromatic heterocycles. The Morgan fingerprint density at radius 1 is 0.900 bits per heavy atom. The lowest BCUT2D eigenvalue weighted by molar-refractivity contribution is -0.132. The lowest BCUT2D eigenvalue weighted by Gasteiger charge is -2.19. The van der Waals surface area contributed by atoms with E-state index in [9.17, 15) is 24.0 Å². The molecule has 9 heteroatoms. The molecular formula is C21H14N2O6S. The SMILES string of the molecule is CC(=O)Oc1ccc(C=C2SC(=O)N(CN3C(=O)c4ccccc4C3=O)C2=O)cc1. The van der Waals surface area contributed by atoms with Gasteiger partial charge in [-0.15, -0.1) is 0 Å². The number of esters is 1. The smallest absolute Gasteiger partial charge is 0.308 e. The number of amides is 4. The van der Waals surface area contributed by atoms with E-state index in [4.69, 9.17) is 4.74 Å². The van der Waals surface area contributed by atoms with Gasteiger partial charge in [0, 0.05) is 6.92 Å². The summed E-state index contributed by atoms with van der Waals surface area (Å²) in [6.07, 6.45) is 1.52. The lowest BCUT2D eigenvalue weighted by atomic mass is 10.1. The average Bonchev–Trinajstić information content (AvgIpc) is 3.12. The van der Waals surface area contributed by atoms with Crippen molar-refractivity contribution in [2.45, 2.75) is 6.92 Å². The molecule has 2 heterocycles. The number of nitrogens with zero attached hydrogens (tertiary/aromatic N) is 2. The van der Waals surface area contributed by atoms with Crippen molar-refractivity contribution < 1.29 is 28.7 Å². The Labute approximate surface area is 175 Å². The Kier molecular flexibility index (Phi) is 4.96. The molecule has 0 atom stereocenters. The Hall–Kier alpha value is -3.72. The van der Waals surface area contributed by atoms with Crippen LogP contribution in [0.3, 0.4) is 0 Å². The first-order valence-electron chi connectivity index (χ1n) is 8.84. The number of thioether (sulfide) groups is 1. The molecule has 8 nitrogen and oxygen atoms in total. The van der Waals surface area contributed by atoms with Crippen molar-refractivity contribution in [1.82, 2.24) is 9.80 Å². The van der Waals surface area contributed by atoms with Crippen molar-refractivity contribution in [2.75, 3.05) is 6.67 Å². The van der Waals surface area contributed by atoms with Crippen LogP contribution < -0.4 is 4.74 Å². The van der Waals surface area contributed by atoms with Gasteiger partial charge in [0.25, 0.3) is 23.0 Å². The summed E-state index contributed by atoms with van der Waals surface area (Å²) >= 11 is 0.725. The van der Waals surface area contributed by atoms with Crippen LogP contribution in [0.15, 0.2) is 53.4 Å². The third-order valence-electron chi connectivity index (χ3n) is 4.47. The van der Waals surface area contributed by atoms with Crippen molar-refractivity contribution in [3.8, 4) is 5.75 Å². The zero-order chi connectivity index (χ0) is 21.4. The molecule has 30 heavy (non-hydrogen) atoms. The van der Waals surface area contributed by atoms with Crippen molar-refractivity contribution in [2.24, 2.45) is 0 Å². The van der Waals surface area contributed by atoms with Crippen LogP contribution in [0.4, 0.5) is 4.79 Å². The fraction of sp³-hybridized carbons (Fsp3) is 0.0952. The number of ether oxygens (including phenoxy) is 1. The standard InChI is InChI=1S/C21H14N2O6S/c1-12(24)29-14-8-6-13(7-9-14)10-17-20(27)23(21(28)30-17)11-22-18(25)15-4-2-3-5-16(15)19(22)26/h2-10H,11H2,1H3. The summed E-state index contributed by atoms with van der Waals surface area (Å²) in [7, 11) is 0. The molecule has 2 aliphatic heterocycles. The fourth-order valence-electron chi connectivity index (χ4n) is 3.08. The van der Waals surface area contributed by atoms with E-state index in [0.29, 0.717) is 11.3 Å². The third-order valence-corrected chi connectivity index (χ3v) is 5.38. The highest BCUT2D eigenvalue weighted by Crippen LogP contribution is 2.33. The number of imide groups is 2. The minimum atomic E-state index is -0.592. The number of benzene rings is 2. The average molecular weight is 422 g/mol. The summed E-state index contributed by atoms with van der Waals surface area (Å²) in [4.78, 5) is 62.9. The molecule has 0 N–H and O–H groups in total. The quantitative estimate of drug-likeness (QED) is 0.323. The summed E-state index contributed by atoms with van der Waals surface area (Å²) in [5.41, 5.74) is 1.12. The predicted octanol–water partition coefficient (Wildman–Crippen LogP) is 2.90. The second kappa shape index (κ2) is 7.60. The molecule has 0 radical (unpaired) electrons. The van der Waals surface area contributed by atoms with E-state index in [0.717, 1.165) is 21.6 Å². The molecule has 1 fully saturated rings. The first-order chi connectivity index (χ1) is 14.3. The molecule has 0 saturated carbocycles. The maximum Gasteiger partial charge on any atom is 0.308 e. The summed E-state index contributed by atoms with van der Waals surface area (Å²) in [5, 5.41) is -0.570. The van der Waals surface area contributed by atoms with Crippen molar-refractivity contribution in [3.05, 3.63) is 70.1 Å². The zero-order valence-electron chi connectivity index (χ0n) is 15.7. The summed E-state index contributed by atoms with van der Waals surface area (Å²) in [6.45, 7) is 0.845. The Bertz CT molecular complexity index is 1100. The molecule has 0 spiro atoms. The second-order valence-electron chi connectivity index (χ2n) is 6.50. The van der Waals surface area contributed by atoms with E-state index in [1.54, 1.807) is 36.4 Å². The molecule has 4 rings (SSSR count). The Morgan fingerprint density at radius 2 is 1.50 bits per heavy atom. The van der Waals surface area contributed by atoms with Gasteiger partial charge in [0.2, 0.25) is 0 Å². The van der Waals surface area contributed by atoms with Crippen LogP contribution in [0.2, 0.25) is 0 Å². The molecule has 1 saturated heterocycles. The lowest BCUT2D eigenvalue weighted by Crippen LogP contribution is -2.43. The third kappa shape index (κ3) is 3.50. The maximum absolute atomic E-state index is 12.7. The van der Waals surface area contributed by atoms with E-state index in [2.05, 4.69) is 0 Å². The number of carbonyl (C=O) groups is 5. The largest absolute Gasteiger partial charge is 0.427 e. The first-order valence-corrected chi connectivity index (χ1v) is 9.66. The van der Waals surface area contributed by atoms with Crippen molar-refractivity contribution >= 4 is 46.8 Å². The van der Waals surface area contributed by atoms with Gasteiger partial charge < -0.3 is 4.74 Å². The van der Waals surface area contributed by atoms with Crippen LogP contribution in [0.5, 0.6) is 5.75 Å². The van der Waals surface area contributed by atoms with Gasteiger partial charge in [0.15, 0.2) is 0 Å². The molecule has 2 aromatic rings. The van der Waals surface area contributed by atoms with Gasteiger partial charge in [-0.3, -0.25) is 28.9 Å². The zero-order valence-corrected chi connectivity index (χ0v) is 16.5. The number of hydrogen-bond acceptors (Lipinski definition) is 7. The fourth-order valence-corrected chi connectivity index (χ4v) is 3.91. The van der Waals surface area contributed by atoms with Crippen molar-refractivity contribution in [3.63, 3.8) is 0 Å². The molecule has 2 aromatic carbocycles. The van der Waals surface area contributed by atoms with Gasteiger partial charge >= 0.3 is 5.97 Å². The minimum absolute atomic E-state index is 0.164. The highest BCUT2D eigenvalue weighted by atomic mass is 32.2. The van der Waals surface area contributed by atoms with Gasteiger partial charge in [-0.05, 0) is 47.7 Å². The van der Waals surface area contributed by atoms with E-state index in [-0.39, 0.29) is 16.0 Å². The molecule has 0 unspecified atom stereocenters. The monoisotopic (exact) mass is 422 g/mol. The van der Waals surface area contributed by atoms with Gasteiger partial charge in [-0.2, -0.15) is 0 Å². The highest BCUT2D eigenvalue weighted by molar-refractivity contribution is 8.18. The number of rotatable bonds is 4. The second-order valence-corrected chi connectivity index (χ2v) is 7.49. The van der Waals surface area contributed by atoms with Crippen LogP contribution in [0.1, 0.15) is 33.2 Å². The molecule has 0 aliphatic carbocycles. The van der Waals surface area contributed by atoms with Gasteiger partial charge in [0.05, 0.1) is 16.0 Å². The first kappa shape index (κ1) is 19.6. The highest BCUT2D eigenvalue weighted by Gasteiger charge is 2.42. The van der Waals surface area contributed by atoms with Crippen LogP contribution >= 0.6 is 11.8 Å². The predicted molar refractivity (Wildman–Crippen MR) is 107 cm³/mol. The van der Waals surface area contributed by atoms with Crippen LogP contribution in [0.25, 0.3) is 6.08 Å². The molecule has 4 amide bonds. The van der Waals surface area contributed by atoms with E-state index in [1.807, 2.05) is 0 Å². The number of fused-ring (bicyclic) bond motifs is 1. The van der Waals surface area contributed by atoms with E-state index in [1.165, 1.54) is 25.1 Å². The van der Waals surface area contributed by atoms with Gasteiger partial charge in [0.1, 0.15) is 12.4 Å². The van der Waals surface area contributed by atoms with Crippen LogP contribution in [-0.2, 0) is 9.59 Å². The summed E-state index contributed by atoms with van der Waals surface area (Å²) in [6, 6.07) is 12.7. The van der Waals surface area contributed by atoms with Crippen molar-refractivity contribution in [1.29, 1.82) is 0 Å². The Morgan fingerprint density at radius 3 is 2.07 bits per heavy atom. The topological polar surface area (TPSA) is 101 Å². The normalized spacial score (nSPS) is 17.2. The maximum atomic E-state index is 12.7. The molecule has 2 aliphatic rings. The minimum Gasteiger partial charge on any atom is -0.427 e. The molecule has 0 bridgehead atoms. The van der Waals surface area contributed by atoms with Crippen LogP contribution in [-0.4, -0.2) is 45.4 Å². The summed E-state index contributed by atoms with van der Waals surface area (Å²) in [5.74, 6) is -1.76. The molecular weight excluding hydrogens is 408 g/mol. The molecule has 150 valence electrons. The van der Waals surface area contributed by atoms with E-state index < -0.39 is 35.6 Å². The number of hydrogen-bond donors (Lipinski definition) is 0. The Balaban J connectivity index is 1.51. The van der Waals surface area contributed by atoms with Gasteiger partial charge in [-0.1, -0.05) is 24.3 Å². The number of carbonyl (C=O) groups excluding carboxylic acids is 5. The van der Waals surface area contributed by atoms with E-state index >= 15 is 0 Å². The summed E-state index contributed by atoms with van der Waals surface area (Å²) < 4.78 is 4.95. The van der Waals surface area contributed by atoms with Gasteiger partial charge in [-0.25, -0.2) is 4.90 Å². The van der Waals surface area contributed by atoms with Crippen LogP contribution in [0, 0.1) is 0 Å².